The Balaban J connectivity index is 1.75. The van der Waals surface area contributed by atoms with Gasteiger partial charge < -0.3 is 9.72 Å². The van der Waals surface area contributed by atoms with Crippen molar-refractivity contribution in [1.82, 2.24) is 9.97 Å². The van der Waals surface area contributed by atoms with E-state index >= 15 is 0 Å². The maximum Gasteiger partial charge on any atom is 0.357 e. The molecule has 0 bridgehead atoms. The van der Waals surface area contributed by atoms with Crippen LogP contribution in [0.15, 0.2) is 70.5 Å². The van der Waals surface area contributed by atoms with E-state index < -0.39 is 0 Å². The van der Waals surface area contributed by atoms with Crippen LogP contribution in [-0.4, -0.2) is 22.5 Å². The number of carbonyl (C=O) groups is 1. The molecule has 6 heteroatoms. The molecule has 0 saturated carbocycles. The molecule has 0 atom stereocenters. The normalized spacial score (nSPS) is 10.8. The summed E-state index contributed by atoms with van der Waals surface area (Å²) in [5.41, 5.74) is 5.73. The minimum Gasteiger partial charge on any atom is -0.461 e. The molecule has 0 aliphatic carbocycles. The zero-order valence-electron chi connectivity index (χ0n) is 15.8. The Labute approximate surface area is 181 Å². The molecular formula is C23H19BrN2O2S. The number of hydrogen-bond acceptors (Lipinski definition) is 4. The number of halogens is 1. The van der Waals surface area contributed by atoms with Crippen molar-refractivity contribution in [2.24, 2.45) is 0 Å². The Morgan fingerprint density at radius 3 is 2.72 bits per heavy atom. The lowest BCUT2D eigenvalue weighted by atomic mass is 10.1. The molecule has 2 aromatic carbocycles. The molecule has 4 aromatic rings. The summed E-state index contributed by atoms with van der Waals surface area (Å²) in [7, 11) is 0. The minimum atomic E-state index is -0.387. The fraction of sp³-hybridized carbons (Fsp3) is 0.130. The van der Waals surface area contributed by atoms with Gasteiger partial charge in [-0.15, -0.1) is 11.3 Å². The van der Waals surface area contributed by atoms with E-state index in [1.807, 2.05) is 30.3 Å². The predicted molar refractivity (Wildman–Crippen MR) is 120 cm³/mol. The number of hydrogen-bond donors (Lipinski definition) is 1. The number of esters is 1. The number of benzene rings is 2. The Bertz CT molecular complexity index is 1130. The van der Waals surface area contributed by atoms with Crippen molar-refractivity contribution < 1.29 is 9.53 Å². The van der Waals surface area contributed by atoms with Gasteiger partial charge >= 0.3 is 5.97 Å². The van der Waals surface area contributed by atoms with Gasteiger partial charge in [0.25, 0.3) is 0 Å². The third kappa shape index (κ3) is 4.49. The molecule has 1 N–H and O–H groups in total. The molecule has 4 rings (SSSR count). The van der Waals surface area contributed by atoms with Crippen molar-refractivity contribution in [1.29, 1.82) is 0 Å². The van der Waals surface area contributed by atoms with Gasteiger partial charge in [-0.05, 0) is 36.2 Å². The first-order valence-electron chi connectivity index (χ1n) is 9.29. The van der Waals surface area contributed by atoms with Gasteiger partial charge in [-0.3, -0.25) is 0 Å². The fourth-order valence-electron chi connectivity index (χ4n) is 3.14. The van der Waals surface area contributed by atoms with Gasteiger partial charge in [0.1, 0.15) is 5.01 Å². The van der Waals surface area contributed by atoms with E-state index in [-0.39, 0.29) is 5.97 Å². The highest BCUT2D eigenvalue weighted by Gasteiger charge is 2.18. The second kappa shape index (κ2) is 8.76. The van der Waals surface area contributed by atoms with Gasteiger partial charge in [0.05, 0.1) is 6.61 Å². The number of aromatic amines is 1. The first-order valence-corrected chi connectivity index (χ1v) is 11.0. The second-order valence-electron chi connectivity index (χ2n) is 6.51. The molecule has 0 aliphatic heterocycles. The standard InChI is InChI=1S/C23H19BrN2O2S/c1-2-28-23(27)21-14-29-22(26-21)18-13-19(16-9-6-10-17(24)12-16)25-20(18)11-15-7-4-3-5-8-15/h3-10,12-14,25H,2,11H2,1H3. The molecular weight excluding hydrogens is 448 g/mol. The highest BCUT2D eigenvalue weighted by Crippen LogP contribution is 2.34. The number of ether oxygens (including phenoxy) is 1. The summed E-state index contributed by atoms with van der Waals surface area (Å²) < 4.78 is 6.11. The Morgan fingerprint density at radius 1 is 1.14 bits per heavy atom. The number of nitrogens with zero attached hydrogens (tertiary/aromatic N) is 1. The number of aromatic nitrogens is 2. The monoisotopic (exact) mass is 466 g/mol. The highest BCUT2D eigenvalue weighted by molar-refractivity contribution is 9.10. The first kappa shape index (κ1) is 19.6. The van der Waals surface area contributed by atoms with E-state index in [9.17, 15) is 4.79 Å². The molecule has 0 aliphatic rings. The minimum absolute atomic E-state index is 0.335. The van der Waals surface area contributed by atoms with Gasteiger partial charge in [0.15, 0.2) is 5.69 Å². The summed E-state index contributed by atoms with van der Waals surface area (Å²) in [5.74, 6) is -0.387. The molecule has 0 spiro atoms. The van der Waals surface area contributed by atoms with Crippen LogP contribution in [0.5, 0.6) is 0 Å². The van der Waals surface area contributed by atoms with Gasteiger partial charge in [0.2, 0.25) is 0 Å². The largest absolute Gasteiger partial charge is 0.461 e. The van der Waals surface area contributed by atoms with Crippen LogP contribution >= 0.6 is 27.3 Å². The smallest absolute Gasteiger partial charge is 0.357 e. The average molecular weight is 467 g/mol. The highest BCUT2D eigenvalue weighted by atomic mass is 79.9. The SMILES string of the molecule is CCOC(=O)c1csc(-c2cc(-c3cccc(Br)c3)[nH]c2Cc2ccccc2)n1. The van der Waals surface area contributed by atoms with Crippen LogP contribution in [-0.2, 0) is 11.2 Å². The van der Waals surface area contributed by atoms with Crippen LogP contribution in [0.3, 0.4) is 0 Å². The summed E-state index contributed by atoms with van der Waals surface area (Å²) in [5, 5.41) is 2.56. The van der Waals surface area contributed by atoms with Gasteiger partial charge in [-0.25, -0.2) is 9.78 Å². The number of H-pyrrole nitrogens is 1. The Hall–Kier alpha value is -2.70. The molecule has 0 fully saturated rings. The van der Waals surface area contributed by atoms with Gasteiger partial charge in [-0.1, -0.05) is 58.4 Å². The van der Waals surface area contributed by atoms with Crippen LogP contribution in [0, 0.1) is 0 Å². The fourth-order valence-corrected chi connectivity index (χ4v) is 4.37. The third-order valence-electron chi connectivity index (χ3n) is 4.48. The molecule has 2 heterocycles. The maximum absolute atomic E-state index is 12.0. The van der Waals surface area contributed by atoms with Crippen LogP contribution < -0.4 is 0 Å². The second-order valence-corrected chi connectivity index (χ2v) is 8.28. The number of carbonyl (C=O) groups excluding carboxylic acids is 1. The summed E-state index contributed by atoms with van der Waals surface area (Å²) in [6.07, 6.45) is 0.749. The van der Waals surface area contributed by atoms with Crippen LogP contribution in [0.1, 0.15) is 28.7 Å². The zero-order chi connectivity index (χ0) is 20.2. The van der Waals surface area contributed by atoms with Crippen LogP contribution in [0.25, 0.3) is 21.8 Å². The summed E-state index contributed by atoms with van der Waals surface area (Å²) in [6.45, 7) is 2.13. The van der Waals surface area contributed by atoms with E-state index in [2.05, 4.69) is 56.2 Å². The molecule has 0 unspecified atom stereocenters. The van der Waals surface area contributed by atoms with E-state index in [0.717, 1.165) is 38.4 Å². The van der Waals surface area contributed by atoms with E-state index in [0.29, 0.717) is 12.3 Å². The number of rotatable bonds is 6. The van der Waals surface area contributed by atoms with Gasteiger partial charge in [0, 0.05) is 33.2 Å². The molecule has 0 radical (unpaired) electrons. The number of nitrogens with one attached hydrogen (secondary N) is 1. The predicted octanol–water partition coefficient (Wildman–Crippen LogP) is 6.34. The molecule has 29 heavy (non-hydrogen) atoms. The van der Waals surface area contributed by atoms with Crippen molar-refractivity contribution in [3.05, 3.63) is 87.5 Å². The summed E-state index contributed by atoms with van der Waals surface area (Å²) >= 11 is 4.99. The molecule has 0 saturated heterocycles. The summed E-state index contributed by atoms with van der Waals surface area (Å²) in [4.78, 5) is 20.1. The lowest BCUT2D eigenvalue weighted by molar-refractivity contribution is 0.0520. The molecule has 146 valence electrons. The van der Waals surface area contributed by atoms with Crippen molar-refractivity contribution in [2.45, 2.75) is 13.3 Å². The maximum atomic E-state index is 12.0. The van der Waals surface area contributed by atoms with E-state index in [4.69, 9.17) is 4.74 Å². The van der Waals surface area contributed by atoms with Crippen molar-refractivity contribution in [3.63, 3.8) is 0 Å². The van der Waals surface area contributed by atoms with Crippen molar-refractivity contribution in [3.8, 4) is 21.8 Å². The Morgan fingerprint density at radius 2 is 1.97 bits per heavy atom. The quantitative estimate of drug-likeness (QED) is 0.337. The zero-order valence-corrected chi connectivity index (χ0v) is 18.2. The Kier molecular flexibility index (Phi) is 5.92. The lowest BCUT2D eigenvalue weighted by Crippen LogP contribution is -2.04. The average Bonchev–Trinajstić information content (AvgIpc) is 3.36. The first-order chi connectivity index (χ1) is 14.1. The van der Waals surface area contributed by atoms with Gasteiger partial charge in [-0.2, -0.15) is 0 Å². The molecule has 2 aromatic heterocycles. The van der Waals surface area contributed by atoms with Crippen LogP contribution in [0.2, 0.25) is 0 Å². The van der Waals surface area contributed by atoms with E-state index in [1.165, 1.54) is 16.9 Å². The molecule has 4 nitrogen and oxygen atoms in total. The lowest BCUT2D eigenvalue weighted by Gasteiger charge is -2.03. The topological polar surface area (TPSA) is 55.0 Å². The van der Waals surface area contributed by atoms with Crippen molar-refractivity contribution >= 4 is 33.2 Å². The van der Waals surface area contributed by atoms with Crippen molar-refractivity contribution in [2.75, 3.05) is 6.61 Å². The molecule has 0 amide bonds. The van der Waals surface area contributed by atoms with E-state index in [1.54, 1.807) is 12.3 Å². The van der Waals surface area contributed by atoms with Crippen LogP contribution in [0.4, 0.5) is 0 Å². The third-order valence-corrected chi connectivity index (χ3v) is 5.85. The number of thiazole rings is 1. The summed E-state index contributed by atoms with van der Waals surface area (Å²) in [6, 6.07) is 20.6.